The lowest BCUT2D eigenvalue weighted by Crippen LogP contribution is -2.02. The number of halogens is 4. The first-order chi connectivity index (χ1) is 27.8. The molecule has 2 N–H and O–H groups in total. The van der Waals surface area contributed by atoms with Gasteiger partial charge in [-0.3, -0.25) is 9.59 Å². The van der Waals surface area contributed by atoms with E-state index in [0.717, 1.165) is 5.56 Å². The molecule has 0 spiro atoms. The monoisotopic (exact) mass is 948 g/mol. The maximum Gasteiger partial charge on any atom is 0.488 e. The van der Waals surface area contributed by atoms with Gasteiger partial charge in [-0.25, -0.2) is 0 Å². The minimum Gasteiger partial charge on any atom is -0.489 e. The summed E-state index contributed by atoms with van der Waals surface area (Å²) in [4.78, 5) is 21.6. The summed E-state index contributed by atoms with van der Waals surface area (Å²) in [6.07, 6.45) is 1.19. The Hall–Kier alpha value is -5.52. The van der Waals surface area contributed by atoms with Crippen LogP contribution in [-0.4, -0.2) is 48.0 Å². The predicted octanol–water partition coefficient (Wildman–Crippen LogP) is 6.50. The number of aliphatic hydroxyl groups excluding tert-OH is 2. The second kappa shape index (κ2) is 22.6. The Kier molecular flexibility index (Phi) is 18.3. The molecule has 0 amide bonds. The molecule has 0 heterocycles. The van der Waals surface area contributed by atoms with Crippen molar-refractivity contribution < 1.29 is 78.7 Å². The highest BCUT2D eigenvalue weighted by atomic mass is 79.9. The molecule has 0 saturated heterocycles. The average molecular weight is 950 g/mol. The maximum atomic E-state index is 12.4. The third-order valence-electron chi connectivity index (χ3n) is 7.08. The Bertz CT molecular complexity index is 2490. The van der Waals surface area contributed by atoms with Crippen LogP contribution >= 0.6 is 15.9 Å². The summed E-state index contributed by atoms with van der Waals surface area (Å²) in [5, 5.41) is 19.0. The van der Waals surface area contributed by atoms with Gasteiger partial charge in [-0.2, -0.15) is 25.3 Å². The van der Waals surface area contributed by atoms with Crippen LogP contribution in [0.4, 0.5) is 11.7 Å². The van der Waals surface area contributed by atoms with Crippen LogP contribution in [0.15, 0.2) is 109 Å². The van der Waals surface area contributed by atoms with Crippen molar-refractivity contribution >= 4 is 60.0 Å². The molecule has 59 heavy (non-hydrogen) atoms. The molecule has 0 bridgehead atoms. The Morgan fingerprint density at radius 1 is 0.508 bits per heavy atom. The number of alkyl halides is 1. The number of hydrogen-bond acceptors (Lipinski definition) is 15. The lowest BCUT2D eigenvalue weighted by molar-refractivity contribution is 0.111. The summed E-state index contributed by atoms with van der Waals surface area (Å²) in [7, 11) is -15.0. The lowest BCUT2D eigenvalue weighted by Gasteiger charge is -2.11. The SMILES string of the molecule is O=Cc1ccc(OCc2ccc(OS(=O)(=O)F)cc2)c(C=O)c1.O=S(=O)(F)Oc1ccc(CBr)cc1.O=S(=O)(F)Oc1ccc(COc2ccc(CO)cc2CO)cc1. The fourth-order valence-corrected chi connectivity index (χ4v) is 5.84. The number of aldehydes is 2. The highest BCUT2D eigenvalue weighted by Crippen LogP contribution is 2.24. The minimum absolute atomic E-state index is 0.0350. The lowest BCUT2D eigenvalue weighted by atomic mass is 10.1. The van der Waals surface area contributed by atoms with E-state index in [1.54, 1.807) is 30.3 Å². The fourth-order valence-electron chi connectivity index (χ4n) is 4.44. The molecule has 5 rings (SSSR count). The van der Waals surface area contributed by atoms with E-state index in [0.29, 0.717) is 57.2 Å². The van der Waals surface area contributed by atoms with Crippen molar-refractivity contribution in [3.8, 4) is 28.7 Å². The summed E-state index contributed by atoms with van der Waals surface area (Å²) in [6.45, 7) is -0.116. The van der Waals surface area contributed by atoms with Gasteiger partial charge in [-0.1, -0.05) is 70.1 Å². The van der Waals surface area contributed by atoms with Gasteiger partial charge in [-0.15, -0.1) is 0 Å². The highest BCUT2D eigenvalue weighted by Gasteiger charge is 2.12. The van der Waals surface area contributed by atoms with Crippen LogP contribution < -0.4 is 22.0 Å². The highest BCUT2D eigenvalue weighted by molar-refractivity contribution is 9.08. The Morgan fingerprint density at radius 2 is 0.915 bits per heavy atom. The van der Waals surface area contributed by atoms with Crippen LogP contribution in [0.1, 0.15) is 48.5 Å². The first kappa shape index (κ1) is 47.9. The van der Waals surface area contributed by atoms with Crippen LogP contribution in [0, 0.1) is 0 Å². The second-order valence-electron chi connectivity index (χ2n) is 11.4. The maximum absolute atomic E-state index is 12.4. The van der Waals surface area contributed by atoms with Crippen LogP contribution in [0.2, 0.25) is 0 Å². The number of hydrogen-bond donors (Lipinski definition) is 2. The van der Waals surface area contributed by atoms with E-state index in [4.69, 9.17) is 14.6 Å². The van der Waals surface area contributed by atoms with E-state index in [2.05, 4.69) is 28.5 Å². The zero-order valence-electron chi connectivity index (χ0n) is 30.0. The molecule has 5 aromatic rings. The van der Waals surface area contributed by atoms with E-state index in [-0.39, 0.29) is 49.2 Å². The number of rotatable bonds is 17. The molecule has 0 atom stereocenters. The first-order valence-corrected chi connectivity index (χ1v) is 21.3. The topological polar surface area (TPSA) is 223 Å². The van der Waals surface area contributed by atoms with Crippen LogP contribution in [0.3, 0.4) is 0 Å². The molecule has 15 nitrogen and oxygen atoms in total. The molecule has 0 saturated carbocycles. The van der Waals surface area contributed by atoms with E-state index in [9.17, 15) is 51.6 Å². The molecule has 5 aromatic carbocycles. The van der Waals surface area contributed by atoms with Gasteiger partial charge >= 0.3 is 31.5 Å². The number of carbonyl (C=O) groups is 2. The van der Waals surface area contributed by atoms with E-state index in [1.807, 2.05) is 0 Å². The second-order valence-corrected chi connectivity index (χ2v) is 14.8. The molecule has 0 radical (unpaired) electrons. The van der Waals surface area contributed by atoms with Gasteiger partial charge in [0.25, 0.3) is 0 Å². The molecular weight excluding hydrogens is 917 g/mol. The van der Waals surface area contributed by atoms with Crippen molar-refractivity contribution in [3.05, 3.63) is 148 Å². The predicted molar refractivity (Wildman–Crippen MR) is 208 cm³/mol. The summed E-state index contributed by atoms with van der Waals surface area (Å²) < 4.78 is 121. The zero-order chi connectivity index (χ0) is 43.6. The molecule has 0 aliphatic rings. The Labute approximate surface area is 345 Å². The van der Waals surface area contributed by atoms with Crippen molar-refractivity contribution in [1.29, 1.82) is 0 Å². The van der Waals surface area contributed by atoms with Crippen LogP contribution in [0.5, 0.6) is 28.7 Å². The average Bonchev–Trinajstić information content (AvgIpc) is 3.19. The number of benzene rings is 5. The molecule has 0 aliphatic carbocycles. The standard InChI is InChI=1S/C15H15FO6S.C15H11FO6S.C7H6BrFO3S/c2*16-23(19,20)22-14-4-1-11(2-5-14)10-21-15-6-3-12(8-17)7-13(15)9-18;8-5-6-1-3-7(4-2-6)12-13(9,10)11/h1-7,17-18H,8-10H2;1-9H,10H2;1-4H,5H2. The quantitative estimate of drug-likeness (QED) is 0.0577. The van der Waals surface area contributed by atoms with Crippen LogP contribution in [0.25, 0.3) is 0 Å². The van der Waals surface area contributed by atoms with Crippen molar-refractivity contribution in [3.63, 3.8) is 0 Å². The molecule has 0 unspecified atom stereocenters. The summed E-state index contributed by atoms with van der Waals surface area (Å²) in [6, 6.07) is 26.6. The molecule has 316 valence electrons. The largest absolute Gasteiger partial charge is 0.489 e. The van der Waals surface area contributed by atoms with Gasteiger partial charge in [0.15, 0.2) is 6.29 Å². The molecule has 22 heteroatoms. The molecule has 0 aromatic heterocycles. The van der Waals surface area contributed by atoms with E-state index >= 15 is 0 Å². The fraction of sp³-hybridized carbons (Fsp3) is 0.135. The third-order valence-corrected chi connectivity index (χ3v) is 8.90. The summed E-state index contributed by atoms with van der Waals surface area (Å²) >= 11 is 3.21. The van der Waals surface area contributed by atoms with Gasteiger partial charge < -0.3 is 32.2 Å². The molecule has 0 fully saturated rings. The Morgan fingerprint density at radius 3 is 1.29 bits per heavy atom. The van der Waals surface area contributed by atoms with Crippen molar-refractivity contribution in [2.75, 3.05) is 0 Å². The zero-order valence-corrected chi connectivity index (χ0v) is 34.1. The normalized spacial score (nSPS) is 11.1. The van der Waals surface area contributed by atoms with Gasteiger partial charge in [0, 0.05) is 16.5 Å². The number of ether oxygens (including phenoxy) is 2. The van der Waals surface area contributed by atoms with Gasteiger partial charge in [0.2, 0.25) is 0 Å². The first-order valence-electron chi connectivity index (χ1n) is 16.2. The summed E-state index contributed by atoms with van der Waals surface area (Å²) in [5.41, 5.74) is 4.08. The minimum atomic E-state index is -5.06. The van der Waals surface area contributed by atoms with Crippen LogP contribution in [-0.2, 0) is 63.3 Å². The van der Waals surface area contributed by atoms with Gasteiger partial charge in [0.1, 0.15) is 48.2 Å². The molecular formula is C37H32BrF3O15S3. The van der Waals surface area contributed by atoms with Crippen molar-refractivity contribution in [2.45, 2.75) is 31.8 Å². The number of aliphatic hydroxyl groups is 2. The Balaban J connectivity index is 0.000000246. The van der Waals surface area contributed by atoms with Gasteiger partial charge in [0.05, 0.1) is 18.8 Å². The van der Waals surface area contributed by atoms with E-state index in [1.165, 1.54) is 78.9 Å². The number of carbonyl (C=O) groups excluding carboxylic acids is 2. The third kappa shape index (κ3) is 18.3. The van der Waals surface area contributed by atoms with E-state index < -0.39 is 31.5 Å². The van der Waals surface area contributed by atoms with Crippen molar-refractivity contribution in [1.82, 2.24) is 0 Å². The molecule has 0 aliphatic heterocycles. The smallest absolute Gasteiger partial charge is 0.488 e. The van der Waals surface area contributed by atoms with Gasteiger partial charge in [-0.05, 0) is 89.0 Å². The van der Waals surface area contributed by atoms with Crippen molar-refractivity contribution in [2.24, 2.45) is 0 Å². The summed E-state index contributed by atoms with van der Waals surface area (Å²) in [5.74, 6) is 0.431.